The first-order valence-electron chi connectivity index (χ1n) is 10.6. The number of nitrogens with zero attached hydrogens (tertiary/aromatic N) is 2. The van der Waals surface area contributed by atoms with Crippen LogP contribution in [0.15, 0.2) is 53.9 Å². The number of hydrogen-bond donors (Lipinski definition) is 0. The van der Waals surface area contributed by atoms with Gasteiger partial charge < -0.3 is 14.4 Å². The molecular weight excluding hydrogens is 444 g/mol. The first-order valence-corrected chi connectivity index (χ1v) is 11.9. The van der Waals surface area contributed by atoms with Crippen molar-refractivity contribution in [2.24, 2.45) is 0 Å². The van der Waals surface area contributed by atoms with Crippen molar-refractivity contribution >= 4 is 28.8 Å². The van der Waals surface area contributed by atoms with Crippen molar-refractivity contribution in [3.63, 3.8) is 0 Å². The van der Waals surface area contributed by atoms with Crippen LogP contribution in [-0.2, 0) is 13.2 Å². The van der Waals surface area contributed by atoms with Crippen LogP contribution in [0.2, 0.25) is 5.02 Å². The summed E-state index contributed by atoms with van der Waals surface area (Å²) < 4.78 is 11.2. The number of halogens is 1. The number of carbonyl (C=O) groups excluding carboxylic acids is 1. The number of amides is 1. The Morgan fingerprint density at radius 3 is 2.62 bits per heavy atom. The van der Waals surface area contributed by atoms with Crippen LogP contribution >= 0.6 is 22.9 Å². The fraction of sp³-hybridized carbons (Fsp3) is 0.320. The molecule has 1 fully saturated rings. The van der Waals surface area contributed by atoms with Gasteiger partial charge in [0.05, 0.1) is 12.0 Å². The number of methoxy groups -OCH3 is 1. The minimum atomic E-state index is 0.102. The second-order valence-corrected chi connectivity index (χ2v) is 9.29. The van der Waals surface area contributed by atoms with Crippen LogP contribution in [0.3, 0.4) is 0 Å². The number of carbonyl (C=O) groups is 1. The second-order valence-electron chi connectivity index (χ2n) is 7.94. The summed E-state index contributed by atoms with van der Waals surface area (Å²) in [5.74, 6) is 1.78. The largest absolute Gasteiger partial charge is 0.497 e. The third-order valence-corrected chi connectivity index (χ3v) is 6.80. The van der Waals surface area contributed by atoms with Crippen molar-refractivity contribution in [1.82, 2.24) is 9.80 Å². The molecule has 1 saturated heterocycles. The van der Waals surface area contributed by atoms with E-state index in [1.54, 1.807) is 7.11 Å². The van der Waals surface area contributed by atoms with Gasteiger partial charge in [-0.3, -0.25) is 9.69 Å². The predicted octanol–water partition coefficient (Wildman–Crippen LogP) is 5.26. The highest BCUT2D eigenvalue weighted by Gasteiger charge is 2.23. The monoisotopic (exact) mass is 470 g/mol. The Balaban J connectivity index is 1.28. The Morgan fingerprint density at radius 2 is 1.88 bits per heavy atom. The molecule has 1 aliphatic rings. The maximum atomic E-state index is 13.0. The summed E-state index contributed by atoms with van der Waals surface area (Å²) >= 11 is 7.48. The molecule has 0 N–H and O–H groups in total. The van der Waals surface area contributed by atoms with Gasteiger partial charge in [0.15, 0.2) is 0 Å². The van der Waals surface area contributed by atoms with Gasteiger partial charge in [0, 0.05) is 43.3 Å². The average molecular weight is 471 g/mol. The van der Waals surface area contributed by atoms with E-state index in [-0.39, 0.29) is 5.91 Å². The highest BCUT2D eigenvalue weighted by Crippen LogP contribution is 2.24. The van der Waals surface area contributed by atoms with Crippen molar-refractivity contribution in [3.8, 4) is 11.5 Å². The number of ether oxygens (including phenoxy) is 2. The summed E-state index contributed by atoms with van der Waals surface area (Å²) in [7, 11) is 1.68. The van der Waals surface area contributed by atoms with E-state index in [1.165, 1.54) is 16.9 Å². The molecule has 0 radical (unpaired) electrons. The second kappa shape index (κ2) is 10.4. The Kier molecular flexibility index (Phi) is 7.35. The molecule has 0 saturated carbocycles. The molecule has 0 spiro atoms. The van der Waals surface area contributed by atoms with Gasteiger partial charge in [-0.15, -0.1) is 11.3 Å². The molecule has 7 heteroatoms. The van der Waals surface area contributed by atoms with E-state index in [0.29, 0.717) is 11.6 Å². The molecular formula is C25H27ClN2O3S. The normalized spacial score (nSPS) is 14.4. The van der Waals surface area contributed by atoms with E-state index in [9.17, 15) is 4.79 Å². The lowest BCUT2D eigenvalue weighted by Crippen LogP contribution is -2.48. The summed E-state index contributed by atoms with van der Waals surface area (Å²) in [5, 5.41) is 2.69. The number of rotatable bonds is 7. The van der Waals surface area contributed by atoms with Crippen LogP contribution in [0.4, 0.5) is 0 Å². The standard InChI is InChI=1S/C25H27ClN2O3S/c1-18-12-21(26)6-7-23(18)31-16-20-14-24(32-17-20)25(29)28-10-8-27(9-11-28)15-19-4-3-5-22(13-19)30-2/h3-7,12-14,17H,8-11,15-16H2,1-2H3. The molecule has 0 atom stereocenters. The summed E-state index contributed by atoms with van der Waals surface area (Å²) in [6.45, 7) is 6.45. The zero-order valence-electron chi connectivity index (χ0n) is 18.3. The van der Waals surface area contributed by atoms with Gasteiger partial charge in [-0.1, -0.05) is 23.7 Å². The smallest absolute Gasteiger partial charge is 0.264 e. The molecule has 3 aromatic rings. The van der Waals surface area contributed by atoms with Crippen LogP contribution in [-0.4, -0.2) is 49.0 Å². The molecule has 1 amide bonds. The molecule has 0 bridgehead atoms. The Bertz CT molecular complexity index is 1080. The summed E-state index contributed by atoms with van der Waals surface area (Å²) in [6, 6.07) is 15.7. The molecule has 1 aliphatic heterocycles. The zero-order chi connectivity index (χ0) is 22.5. The van der Waals surface area contributed by atoms with Gasteiger partial charge >= 0.3 is 0 Å². The summed E-state index contributed by atoms with van der Waals surface area (Å²) in [6.07, 6.45) is 0. The molecule has 2 aromatic carbocycles. The molecule has 168 valence electrons. The minimum Gasteiger partial charge on any atom is -0.497 e. The van der Waals surface area contributed by atoms with Crippen LogP contribution < -0.4 is 9.47 Å². The van der Waals surface area contributed by atoms with E-state index in [2.05, 4.69) is 17.0 Å². The molecule has 2 heterocycles. The van der Waals surface area contributed by atoms with Crippen LogP contribution in [0, 0.1) is 6.92 Å². The zero-order valence-corrected chi connectivity index (χ0v) is 19.9. The van der Waals surface area contributed by atoms with E-state index < -0.39 is 0 Å². The highest BCUT2D eigenvalue weighted by atomic mass is 35.5. The summed E-state index contributed by atoms with van der Waals surface area (Å²) in [4.78, 5) is 18.1. The van der Waals surface area contributed by atoms with Crippen LogP contribution in [0.5, 0.6) is 11.5 Å². The number of thiophene rings is 1. The Hall–Kier alpha value is -2.54. The topological polar surface area (TPSA) is 42.0 Å². The predicted molar refractivity (Wildman–Crippen MR) is 129 cm³/mol. The minimum absolute atomic E-state index is 0.102. The van der Waals surface area contributed by atoms with E-state index in [4.69, 9.17) is 21.1 Å². The van der Waals surface area contributed by atoms with Gasteiger partial charge in [-0.05, 0) is 59.8 Å². The lowest BCUT2D eigenvalue weighted by atomic mass is 10.2. The van der Waals surface area contributed by atoms with E-state index >= 15 is 0 Å². The molecule has 32 heavy (non-hydrogen) atoms. The van der Waals surface area contributed by atoms with Gasteiger partial charge in [-0.25, -0.2) is 0 Å². The molecule has 0 aliphatic carbocycles. The SMILES string of the molecule is COc1cccc(CN2CCN(C(=O)c3cc(COc4ccc(Cl)cc4C)cs3)CC2)c1. The highest BCUT2D eigenvalue weighted by molar-refractivity contribution is 7.12. The van der Waals surface area contributed by atoms with Crippen molar-refractivity contribution in [3.05, 3.63) is 80.5 Å². The van der Waals surface area contributed by atoms with Crippen molar-refractivity contribution in [2.45, 2.75) is 20.1 Å². The number of benzene rings is 2. The average Bonchev–Trinajstić information content (AvgIpc) is 3.28. The quantitative estimate of drug-likeness (QED) is 0.472. The van der Waals surface area contributed by atoms with E-state index in [0.717, 1.165) is 60.2 Å². The lowest BCUT2D eigenvalue weighted by molar-refractivity contribution is 0.0633. The number of hydrogen-bond acceptors (Lipinski definition) is 5. The van der Waals surface area contributed by atoms with Crippen molar-refractivity contribution < 1.29 is 14.3 Å². The lowest BCUT2D eigenvalue weighted by Gasteiger charge is -2.34. The summed E-state index contributed by atoms with van der Waals surface area (Å²) in [5.41, 5.74) is 3.23. The van der Waals surface area contributed by atoms with Crippen molar-refractivity contribution in [1.29, 1.82) is 0 Å². The molecule has 0 unspecified atom stereocenters. The fourth-order valence-electron chi connectivity index (χ4n) is 3.79. The first-order chi connectivity index (χ1) is 15.5. The maximum absolute atomic E-state index is 13.0. The van der Waals surface area contributed by atoms with Gasteiger partial charge in [0.1, 0.15) is 18.1 Å². The van der Waals surface area contributed by atoms with Gasteiger partial charge in [-0.2, -0.15) is 0 Å². The molecule has 4 rings (SSSR count). The van der Waals surface area contributed by atoms with E-state index in [1.807, 2.05) is 53.6 Å². The number of aryl methyl sites for hydroxylation is 1. The fourth-order valence-corrected chi connectivity index (χ4v) is 4.88. The third kappa shape index (κ3) is 5.63. The maximum Gasteiger partial charge on any atom is 0.264 e. The number of piperazine rings is 1. The first kappa shape index (κ1) is 22.6. The van der Waals surface area contributed by atoms with Crippen molar-refractivity contribution in [2.75, 3.05) is 33.3 Å². The molecule has 1 aromatic heterocycles. The Morgan fingerprint density at radius 1 is 1.06 bits per heavy atom. The molecule has 5 nitrogen and oxygen atoms in total. The third-order valence-electron chi connectivity index (χ3n) is 5.60. The van der Waals surface area contributed by atoms with Gasteiger partial charge in [0.25, 0.3) is 5.91 Å². The van der Waals surface area contributed by atoms with Crippen LogP contribution in [0.1, 0.15) is 26.4 Å². The Labute approximate surface area is 198 Å². The van der Waals surface area contributed by atoms with Gasteiger partial charge in [0.2, 0.25) is 0 Å². The van der Waals surface area contributed by atoms with Crippen LogP contribution in [0.25, 0.3) is 0 Å².